The summed E-state index contributed by atoms with van der Waals surface area (Å²) >= 11 is 1.60. The smallest absolute Gasteiger partial charge is 0.165 e. The van der Waals surface area contributed by atoms with Gasteiger partial charge in [0.25, 0.3) is 0 Å². The molecule has 2 aromatic rings. The van der Waals surface area contributed by atoms with E-state index >= 15 is 0 Å². The first-order chi connectivity index (χ1) is 6.72. The molecule has 2 N–H and O–H groups in total. The molecule has 4 heteroatoms. The third kappa shape index (κ3) is 1.47. The Morgan fingerprint density at radius 1 is 1.50 bits per heavy atom. The van der Waals surface area contributed by atoms with Gasteiger partial charge >= 0.3 is 0 Å². The zero-order valence-electron chi connectivity index (χ0n) is 8.20. The molecule has 2 aromatic heterocycles. The van der Waals surface area contributed by atoms with Gasteiger partial charge in [-0.3, -0.25) is 0 Å². The lowest BCUT2D eigenvalue weighted by molar-refractivity contribution is 0.580. The maximum atomic E-state index is 5.60. The molecule has 0 spiro atoms. The van der Waals surface area contributed by atoms with Crippen molar-refractivity contribution in [3.05, 3.63) is 28.5 Å². The van der Waals surface area contributed by atoms with Crippen LogP contribution in [0.5, 0.6) is 0 Å². The Labute approximate surface area is 86.6 Å². The first kappa shape index (κ1) is 9.43. The van der Waals surface area contributed by atoms with Crippen LogP contribution < -0.4 is 5.73 Å². The molecule has 0 radical (unpaired) electrons. The summed E-state index contributed by atoms with van der Waals surface area (Å²) in [5.74, 6) is 0.859. The average molecular weight is 208 g/mol. The van der Waals surface area contributed by atoms with Gasteiger partial charge in [-0.05, 0) is 25.5 Å². The zero-order chi connectivity index (χ0) is 10.1. The van der Waals surface area contributed by atoms with E-state index in [9.17, 15) is 0 Å². The predicted molar refractivity (Wildman–Crippen MR) is 57.2 cm³/mol. The van der Waals surface area contributed by atoms with Crippen LogP contribution in [-0.4, -0.2) is 4.98 Å². The molecule has 74 valence electrons. The van der Waals surface area contributed by atoms with E-state index in [4.69, 9.17) is 10.2 Å². The highest BCUT2D eigenvalue weighted by Gasteiger charge is 2.12. The lowest BCUT2D eigenvalue weighted by Crippen LogP contribution is -1.94. The van der Waals surface area contributed by atoms with Crippen molar-refractivity contribution in [3.63, 3.8) is 0 Å². The van der Waals surface area contributed by atoms with Gasteiger partial charge in [0.05, 0.1) is 12.0 Å². The van der Waals surface area contributed by atoms with Crippen molar-refractivity contribution in [1.29, 1.82) is 0 Å². The van der Waals surface area contributed by atoms with E-state index in [0.29, 0.717) is 6.54 Å². The molecule has 0 aliphatic carbocycles. The summed E-state index contributed by atoms with van der Waals surface area (Å²) in [6, 6.07) is 1.94. The highest BCUT2D eigenvalue weighted by Crippen LogP contribution is 2.30. The summed E-state index contributed by atoms with van der Waals surface area (Å²) in [4.78, 5) is 5.55. The number of nitrogens with two attached hydrogens (primary N) is 1. The molecule has 0 aliphatic rings. The topological polar surface area (TPSA) is 52.0 Å². The van der Waals surface area contributed by atoms with Gasteiger partial charge in [0.2, 0.25) is 0 Å². The van der Waals surface area contributed by atoms with Crippen LogP contribution in [0.3, 0.4) is 0 Å². The van der Waals surface area contributed by atoms with E-state index in [1.807, 2.05) is 19.9 Å². The SMILES string of the molecule is Cc1ccoc1-c1nc(C)c(CN)s1. The second kappa shape index (κ2) is 3.55. The third-order valence-electron chi connectivity index (χ3n) is 2.13. The van der Waals surface area contributed by atoms with Gasteiger partial charge in [-0.25, -0.2) is 4.98 Å². The van der Waals surface area contributed by atoms with Crippen LogP contribution in [0.15, 0.2) is 16.7 Å². The van der Waals surface area contributed by atoms with Crippen molar-refractivity contribution in [2.75, 3.05) is 0 Å². The van der Waals surface area contributed by atoms with Crippen molar-refractivity contribution in [3.8, 4) is 10.8 Å². The minimum atomic E-state index is 0.545. The molecule has 0 saturated carbocycles. The number of hydrogen-bond donors (Lipinski definition) is 1. The van der Waals surface area contributed by atoms with Crippen molar-refractivity contribution in [1.82, 2.24) is 4.98 Å². The van der Waals surface area contributed by atoms with Gasteiger partial charge in [0, 0.05) is 11.4 Å². The molecule has 0 bridgehead atoms. The van der Waals surface area contributed by atoms with Crippen molar-refractivity contribution >= 4 is 11.3 Å². The highest BCUT2D eigenvalue weighted by molar-refractivity contribution is 7.15. The van der Waals surface area contributed by atoms with Gasteiger partial charge in [-0.2, -0.15) is 0 Å². The third-order valence-corrected chi connectivity index (χ3v) is 3.31. The lowest BCUT2D eigenvalue weighted by atomic mass is 10.3. The number of furan rings is 1. The average Bonchev–Trinajstić information content (AvgIpc) is 2.71. The van der Waals surface area contributed by atoms with E-state index in [1.54, 1.807) is 17.6 Å². The monoisotopic (exact) mass is 208 g/mol. The maximum Gasteiger partial charge on any atom is 0.165 e. The largest absolute Gasteiger partial charge is 0.462 e. The molecular formula is C10H12N2OS. The van der Waals surface area contributed by atoms with Crippen LogP contribution >= 0.6 is 11.3 Å². The number of hydrogen-bond acceptors (Lipinski definition) is 4. The molecule has 2 heterocycles. The van der Waals surface area contributed by atoms with E-state index in [-0.39, 0.29) is 0 Å². The number of thiazole rings is 1. The number of rotatable bonds is 2. The minimum absolute atomic E-state index is 0.545. The van der Waals surface area contributed by atoms with Crippen LogP contribution in [0.4, 0.5) is 0 Å². The summed E-state index contributed by atoms with van der Waals surface area (Å²) in [5, 5.41) is 0.922. The fourth-order valence-corrected chi connectivity index (χ4v) is 2.30. The van der Waals surface area contributed by atoms with Crippen LogP contribution in [-0.2, 0) is 6.54 Å². The zero-order valence-corrected chi connectivity index (χ0v) is 9.02. The fraction of sp³-hybridized carbons (Fsp3) is 0.300. The number of aryl methyl sites for hydroxylation is 2. The Kier molecular flexibility index (Phi) is 2.39. The molecule has 3 nitrogen and oxygen atoms in total. The van der Waals surface area contributed by atoms with Gasteiger partial charge in [0.1, 0.15) is 0 Å². The summed E-state index contributed by atoms with van der Waals surface area (Å²) in [5.41, 5.74) is 7.71. The first-order valence-electron chi connectivity index (χ1n) is 4.43. The fourth-order valence-electron chi connectivity index (χ4n) is 1.31. The predicted octanol–water partition coefficient (Wildman–Crippen LogP) is 2.48. The Balaban J connectivity index is 2.47. The standard InChI is InChI=1S/C10H12N2OS/c1-6-3-4-13-9(6)10-12-7(2)8(5-11)14-10/h3-4H,5,11H2,1-2H3. The van der Waals surface area contributed by atoms with Crippen LogP contribution in [0, 0.1) is 13.8 Å². The second-order valence-corrected chi connectivity index (χ2v) is 4.25. The van der Waals surface area contributed by atoms with Crippen molar-refractivity contribution in [2.24, 2.45) is 5.73 Å². The van der Waals surface area contributed by atoms with E-state index < -0.39 is 0 Å². The van der Waals surface area contributed by atoms with E-state index in [2.05, 4.69) is 4.98 Å². The van der Waals surface area contributed by atoms with Gasteiger partial charge < -0.3 is 10.2 Å². The minimum Gasteiger partial charge on any atom is -0.462 e. The Hall–Kier alpha value is -1.13. The van der Waals surface area contributed by atoms with Crippen LogP contribution in [0.2, 0.25) is 0 Å². The Morgan fingerprint density at radius 3 is 2.79 bits per heavy atom. The summed E-state index contributed by atoms with van der Waals surface area (Å²) in [6.45, 7) is 4.53. The van der Waals surface area contributed by atoms with Gasteiger partial charge in [-0.1, -0.05) is 0 Å². The van der Waals surface area contributed by atoms with E-state index in [1.165, 1.54) is 0 Å². The molecule has 0 amide bonds. The second-order valence-electron chi connectivity index (χ2n) is 3.16. The molecular weight excluding hydrogens is 196 g/mol. The molecule has 14 heavy (non-hydrogen) atoms. The summed E-state index contributed by atoms with van der Waals surface area (Å²) in [7, 11) is 0. The van der Waals surface area contributed by atoms with E-state index in [0.717, 1.165) is 26.9 Å². The molecule has 0 saturated heterocycles. The van der Waals surface area contributed by atoms with Crippen LogP contribution in [0.25, 0.3) is 10.8 Å². The van der Waals surface area contributed by atoms with Crippen molar-refractivity contribution < 1.29 is 4.42 Å². The van der Waals surface area contributed by atoms with Crippen molar-refractivity contribution in [2.45, 2.75) is 20.4 Å². The lowest BCUT2D eigenvalue weighted by Gasteiger charge is -1.90. The molecule has 2 rings (SSSR count). The number of nitrogens with zero attached hydrogens (tertiary/aromatic N) is 1. The molecule has 0 aromatic carbocycles. The Morgan fingerprint density at radius 2 is 2.29 bits per heavy atom. The highest BCUT2D eigenvalue weighted by atomic mass is 32.1. The van der Waals surface area contributed by atoms with Gasteiger partial charge in [0.15, 0.2) is 10.8 Å². The normalized spacial score (nSPS) is 10.8. The molecule has 0 aliphatic heterocycles. The first-order valence-corrected chi connectivity index (χ1v) is 5.25. The number of aromatic nitrogens is 1. The molecule has 0 atom stereocenters. The van der Waals surface area contributed by atoms with Crippen LogP contribution in [0.1, 0.15) is 16.1 Å². The van der Waals surface area contributed by atoms with Gasteiger partial charge in [-0.15, -0.1) is 11.3 Å². The molecule has 0 unspecified atom stereocenters. The molecule has 0 fully saturated rings. The summed E-state index contributed by atoms with van der Waals surface area (Å²) in [6.07, 6.45) is 1.68. The quantitative estimate of drug-likeness (QED) is 0.824. The summed E-state index contributed by atoms with van der Waals surface area (Å²) < 4.78 is 5.37. The Bertz CT molecular complexity index is 445. The maximum absolute atomic E-state index is 5.60.